The Hall–Kier alpha value is -2.54. The van der Waals surface area contributed by atoms with Crippen LogP contribution in [0.4, 0.5) is 0 Å². The molecule has 0 radical (unpaired) electrons. The maximum absolute atomic E-state index is 11.7. The lowest BCUT2D eigenvalue weighted by Crippen LogP contribution is -2.29. The maximum atomic E-state index is 11.7. The summed E-state index contributed by atoms with van der Waals surface area (Å²) in [5.74, 6) is -2.24. The summed E-state index contributed by atoms with van der Waals surface area (Å²) in [7, 11) is 0. The number of thiol groups is 1. The van der Waals surface area contributed by atoms with Gasteiger partial charge in [-0.15, -0.1) is 12.6 Å². The van der Waals surface area contributed by atoms with Gasteiger partial charge in [-0.2, -0.15) is 0 Å². The predicted octanol–water partition coefficient (Wildman–Crippen LogP) is 1.56. The summed E-state index contributed by atoms with van der Waals surface area (Å²) < 4.78 is 0. The molecule has 0 aliphatic heterocycles. The minimum atomic E-state index is -1.18. The fourth-order valence-electron chi connectivity index (χ4n) is 1.71. The van der Waals surface area contributed by atoms with Crippen molar-refractivity contribution in [1.82, 2.24) is 10.3 Å². The number of carbonyl (C=O) groups is 2. The van der Waals surface area contributed by atoms with Crippen LogP contribution in [-0.2, 0) is 4.79 Å². The molecule has 3 N–H and O–H groups in total. The third kappa shape index (κ3) is 3.73. The second-order valence-corrected chi connectivity index (χ2v) is 4.73. The summed E-state index contributed by atoms with van der Waals surface area (Å²) in [4.78, 5) is 26.7. The highest BCUT2D eigenvalue weighted by Gasteiger charge is 2.14. The van der Waals surface area contributed by atoms with Crippen LogP contribution in [0.15, 0.2) is 41.4 Å². The molecule has 108 valence electrons. The van der Waals surface area contributed by atoms with Crippen molar-refractivity contribution in [3.05, 3.63) is 42.2 Å². The third-order valence-electron chi connectivity index (χ3n) is 2.66. The number of benzene rings is 1. The zero-order valence-electron chi connectivity index (χ0n) is 10.8. The van der Waals surface area contributed by atoms with Gasteiger partial charge in [-0.05, 0) is 23.8 Å². The summed E-state index contributed by atoms with van der Waals surface area (Å²) >= 11 is 4.23. The number of carboxylic acid groups (broad SMARTS) is 1. The molecule has 0 bridgehead atoms. The van der Waals surface area contributed by atoms with E-state index in [4.69, 9.17) is 5.11 Å². The molecule has 1 heterocycles. The summed E-state index contributed by atoms with van der Waals surface area (Å²) in [5, 5.41) is 20.5. The van der Waals surface area contributed by atoms with Crippen molar-refractivity contribution in [3.8, 4) is 16.9 Å². The molecule has 0 saturated heterocycles. The molecule has 0 spiro atoms. The van der Waals surface area contributed by atoms with Gasteiger partial charge in [0.05, 0.1) is 0 Å². The Morgan fingerprint density at radius 3 is 2.62 bits per heavy atom. The van der Waals surface area contributed by atoms with Gasteiger partial charge in [0, 0.05) is 16.7 Å². The largest absolute Gasteiger partial charge is 0.505 e. The van der Waals surface area contributed by atoms with Gasteiger partial charge in [-0.1, -0.05) is 12.1 Å². The maximum Gasteiger partial charge on any atom is 0.322 e. The van der Waals surface area contributed by atoms with E-state index < -0.39 is 18.4 Å². The van der Waals surface area contributed by atoms with Gasteiger partial charge in [-0.25, -0.2) is 4.98 Å². The fourth-order valence-corrected chi connectivity index (χ4v) is 1.94. The van der Waals surface area contributed by atoms with Gasteiger partial charge in [0.15, 0.2) is 5.69 Å². The molecule has 0 aliphatic rings. The molecule has 7 heteroatoms. The van der Waals surface area contributed by atoms with E-state index in [0.29, 0.717) is 5.56 Å². The van der Waals surface area contributed by atoms with Gasteiger partial charge in [-0.3, -0.25) is 9.59 Å². The van der Waals surface area contributed by atoms with Crippen LogP contribution < -0.4 is 5.32 Å². The number of nitrogens with one attached hydrogen (secondary N) is 1. The van der Waals surface area contributed by atoms with E-state index >= 15 is 0 Å². The summed E-state index contributed by atoms with van der Waals surface area (Å²) in [6, 6.07) is 8.63. The number of aromatic nitrogens is 1. The monoisotopic (exact) mass is 304 g/mol. The average molecular weight is 304 g/mol. The van der Waals surface area contributed by atoms with E-state index in [1.54, 1.807) is 6.07 Å². The van der Waals surface area contributed by atoms with Gasteiger partial charge < -0.3 is 15.5 Å². The van der Waals surface area contributed by atoms with Crippen LogP contribution in [0.25, 0.3) is 11.1 Å². The number of carbonyl (C=O) groups excluding carboxylic acids is 1. The number of hydrogen-bond donors (Lipinski definition) is 4. The second-order valence-electron chi connectivity index (χ2n) is 4.22. The molecule has 0 atom stereocenters. The Kier molecular flexibility index (Phi) is 4.44. The van der Waals surface area contributed by atoms with Crippen molar-refractivity contribution >= 4 is 24.5 Å². The summed E-state index contributed by atoms with van der Waals surface area (Å²) in [6.07, 6.45) is 1.43. The van der Waals surface area contributed by atoms with Crippen molar-refractivity contribution < 1.29 is 19.8 Å². The number of rotatable bonds is 4. The first kappa shape index (κ1) is 14.9. The highest BCUT2D eigenvalue weighted by Crippen LogP contribution is 2.26. The Morgan fingerprint density at radius 2 is 2.00 bits per heavy atom. The summed E-state index contributed by atoms with van der Waals surface area (Å²) in [5.41, 5.74) is 1.20. The first-order valence-electron chi connectivity index (χ1n) is 5.96. The number of aromatic hydroxyl groups is 1. The van der Waals surface area contributed by atoms with Crippen LogP contribution in [0, 0.1) is 0 Å². The van der Waals surface area contributed by atoms with E-state index in [-0.39, 0.29) is 11.4 Å². The molecule has 0 fully saturated rings. The van der Waals surface area contributed by atoms with Crippen molar-refractivity contribution in [3.63, 3.8) is 0 Å². The lowest BCUT2D eigenvalue weighted by atomic mass is 10.1. The molecule has 2 aromatic rings. The van der Waals surface area contributed by atoms with Crippen molar-refractivity contribution in [2.75, 3.05) is 6.54 Å². The third-order valence-corrected chi connectivity index (χ3v) is 2.94. The van der Waals surface area contributed by atoms with E-state index in [1.807, 2.05) is 18.2 Å². The standard InChI is InChI=1S/C14H12N2O4S/c17-11-5-9(8-2-1-3-10(21)4-8)6-15-13(11)14(20)16-7-12(18)19/h1-6,17,21H,7H2,(H,16,20)(H,18,19). The molecule has 21 heavy (non-hydrogen) atoms. The normalized spacial score (nSPS) is 10.1. The Labute approximate surface area is 125 Å². The first-order valence-corrected chi connectivity index (χ1v) is 6.40. The smallest absolute Gasteiger partial charge is 0.322 e. The predicted molar refractivity (Wildman–Crippen MR) is 78.6 cm³/mol. The number of aliphatic carboxylic acids is 1. The van der Waals surface area contributed by atoms with Crippen molar-refractivity contribution in [1.29, 1.82) is 0 Å². The fraction of sp³-hybridized carbons (Fsp3) is 0.0714. The molecule has 2 rings (SSSR count). The minimum absolute atomic E-state index is 0.220. The van der Waals surface area contributed by atoms with Crippen molar-refractivity contribution in [2.45, 2.75) is 4.90 Å². The van der Waals surface area contributed by atoms with Gasteiger partial charge in [0.25, 0.3) is 5.91 Å². The molecule has 0 aliphatic carbocycles. The van der Waals surface area contributed by atoms with Gasteiger partial charge in [0.2, 0.25) is 0 Å². The van der Waals surface area contributed by atoms with Crippen LogP contribution in [0.5, 0.6) is 5.75 Å². The van der Waals surface area contributed by atoms with Crippen LogP contribution in [0.2, 0.25) is 0 Å². The zero-order chi connectivity index (χ0) is 15.4. The van der Waals surface area contributed by atoms with Crippen LogP contribution in [0.1, 0.15) is 10.5 Å². The van der Waals surface area contributed by atoms with Crippen LogP contribution in [0.3, 0.4) is 0 Å². The van der Waals surface area contributed by atoms with Crippen LogP contribution in [-0.4, -0.2) is 33.6 Å². The van der Waals surface area contributed by atoms with Crippen molar-refractivity contribution in [2.24, 2.45) is 0 Å². The number of nitrogens with zero attached hydrogens (tertiary/aromatic N) is 1. The molecule has 1 aromatic carbocycles. The van der Waals surface area contributed by atoms with Gasteiger partial charge in [0.1, 0.15) is 12.3 Å². The minimum Gasteiger partial charge on any atom is -0.505 e. The Morgan fingerprint density at radius 1 is 1.24 bits per heavy atom. The van der Waals surface area contributed by atoms with Gasteiger partial charge >= 0.3 is 5.97 Å². The molecular formula is C14H12N2O4S. The second kappa shape index (κ2) is 6.27. The molecule has 0 saturated carbocycles. The topological polar surface area (TPSA) is 99.5 Å². The van der Waals surface area contributed by atoms with E-state index in [2.05, 4.69) is 22.9 Å². The zero-order valence-corrected chi connectivity index (χ0v) is 11.7. The molecule has 6 nitrogen and oxygen atoms in total. The Bertz CT molecular complexity index is 703. The highest BCUT2D eigenvalue weighted by atomic mass is 32.1. The lowest BCUT2D eigenvalue weighted by molar-refractivity contribution is -0.135. The molecule has 1 aromatic heterocycles. The summed E-state index contributed by atoms with van der Waals surface area (Å²) in [6.45, 7) is -0.538. The first-order chi connectivity index (χ1) is 9.97. The SMILES string of the molecule is O=C(O)CNC(=O)c1ncc(-c2cccc(S)c2)cc1O. The highest BCUT2D eigenvalue weighted by molar-refractivity contribution is 7.80. The van der Waals surface area contributed by atoms with E-state index in [1.165, 1.54) is 12.3 Å². The average Bonchev–Trinajstić information content (AvgIpc) is 2.44. The Balaban J connectivity index is 2.25. The van der Waals surface area contributed by atoms with Crippen LogP contribution >= 0.6 is 12.6 Å². The molecule has 0 unspecified atom stereocenters. The van der Waals surface area contributed by atoms with E-state index in [9.17, 15) is 14.7 Å². The lowest BCUT2D eigenvalue weighted by Gasteiger charge is -2.07. The number of pyridine rings is 1. The number of carboxylic acids is 1. The molecular weight excluding hydrogens is 292 g/mol. The van der Waals surface area contributed by atoms with E-state index in [0.717, 1.165) is 10.5 Å². The molecule has 1 amide bonds. The quantitative estimate of drug-likeness (QED) is 0.642. The number of amides is 1. The number of hydrogen-bond acceptors (Lipinski definition) is 5.